The predicted octanol–water partition coefficient (Wildman–Crippen LogP) is 3.04. The van der Waals surface area contributed by atoms with Crippen LogP contribution in [0.15, 0.2) is 53.4 Å². The Morgan fingerprint density at radius 2 is 1.61 bits per heavy atom. The summed E-state index contributed by atoms with van der Waals surface area (Å²) in [6.07, 6.45) is -5.94. The number of ether oxygens (including phenoxy) is 1. The minimum Gasteiger partial charge on any atom is -0.465 e. The van der Waals surface area contributed by atoms with Crippen molar-refractivity contribution in [2.75, 3.05) is 32.7 Å². The smallest absolute Gasteiger partial charge is 0.465 e. The van der Waals surface area contributed by atoms with Crippen molar-refractivity contribution in [1.29, 1.82) is 0 Å². The molecule has 2 aromatic carbocycles. The van der Waals surface area contributed by atoms with Crippen LogP contribution in [0.25, 0.3) is 0 Å². The van der Waals surface area contributed by atoms with E-state index in [-0.39, 0.29) is 24.5 Å². The number of piperazine rings is 1. The van der Waals surface area contributed by atoms with Gasteiger partial charge in [-0.2, -0.15) is 0 Å². The molecule has 13 heteroatoms. The average molecular weight is 491 g/mol. The molecule has 1 unspecified atom stereocenters. The topological polar surface area (TPSA) is 99.2 Å². The van der Waals surface area contributed by atoms with Crippen molar-refractivity contribution < 1.29 is 40.6 Å². The Morgan fingerprint density at radius 1 is 1.03 bits per heavy atom. The van der Waals surface area contributed by atoms with Crippen LogP contribution in [-0.4, -0.2) is 68.5 Å². The summed E-state index contributed by atoms with van der Waals surface area (Å²) in [6, 6.07) is 8.14. The number of nitrogens with zero attached hydrogens (tertiary/aromatic N) is 2. The average Bonchev–Trinajstić information content (AvgIpc) is 2.73. The van der Waals surface area contributed by atoms with Crippen molar-refractivity contribution in [2.24, 2.45) is 0 Å². The Hall–Kier alpha value is -2.90. The van der Waals surface area contributed by atoms with Gasteiger partial charge in [0.15, 0.2) is 0 Å². The first kappa shape index (κ1) is 24.7. The van der Waals surface area contributed by atoms with Crippen LogP contribution in [0.3, 0.4) is 0 Å². The molecule has 0 radical (unpaired) electrons. The first-order valence-corrected chi connectivity index (χ1v) is 11.2. The summed E-state index contributed by atoms with van der Waals surface area (Å²) in [6.45, 7) is 1.41. The molecular formula is C20H21F4N3O5S. The third-order valence-corrected chi connectivity index (χ3v) is 6.51. The van der Waals surface area contributed by atoms with Crippen LogP contribution in [-0.2, 0) is 10.0 Å². The Kier molecular flexibility index (Phi) is 7.44. The third kappa shape index (κ3) is 7.04. The van der Waals surface area contributed by atoms with E-state index < -0.39 is 40.1 Å². The van der Waals surface area contributed by atoms with Gasteiger partial charge in [0.05, 0.1) is 10.9 Å². The van der Waals surface area contributed by atoms with Crippen LogP contribution in [0.5, 0.6) is 5.75 Å². The van der Waals surface area contributed by atoms with Crippen molar-refractivity contribution in [3.63, 3.8) is 0 Å². The zero-order chi connectivity index (χ0) is 24.2. The van der Waals surface area contributed by atoms with Crippen molar-refractivity contribution in [3.05, 3.63) is 59.9 Å². The summed E-state index contributed by atoms with van der Waals surface area (Å²) in [5.41, 5.74) is 0.470. The fraction of sp³-hybridized carbons (Fsp3) is 0.350. The van der Waals surface area contributed by atoms with Crippen molar-refractivity contribution in [1.82, 2.24) is 14.5 Å². The molecule has 0 saturated carbocycles. The molecule has 1 heterocycles. The fourth-order valence-electron chi connectivity index (χ4n) is 3.36. The SMILES string of the molecule is O=C(O)N1CCN(CC(NS(=O)(=O)c2ccc(OC(F)(F)F)cc2)c2ccc(F)cc2)CC1. The van der Waals surface area contributed by atoms with Crippen LogP contribution in [0.2, 0.25) is 0 Å². The second kappa shape index (κ2) is 9.93. The van der Waals surface area contributed by atoms with E-state index in [1.54, 1.807) is 0 Å². The summed E-state index contributed by atoms with van der Waals surface area (Å²) in [4.78, 5) is 13.9. The number of hydrogen-bond acceptors (Lipinski definition) is 5. The zero-order valence-corrected chi connectivity index (χ0v) is 17.9. The summed E-state index contributed by atoms with van der Waals surface area (Å²) in [5.74, 6) is -1.07. The maximum absolute atomic E-state index is 13.4. The molecule has 0 aromatic heterocycles. The van der Waals surface area contributed by atoms with E-state index in [2.05, 4.69) is 9.46 Å². The first-order chi connectivity index (χ1) is 15.4. The number of halogens is 4. The van der Waals surface area contributed by atoms with Gasteiger partial charge in [0.1, 0.15) is 11.6 Å². The van der Waals surface area contributed by atoms with Gasteiger partial charge in [0.2, 0.25) is 10.0 Å². The lowest BCUT2D eigenvalue weighted by molar-refractivity contribution is -0.274. The van der Waals surface area contributed by atoms with Gasteiger partial charge in [-0.25, -0.2) is 22.3 Å². The van der Waals surface area contributed by atoms with Crippen LogP contribution in [0.1, 0.15) is 11.6 Å². The number of carboxylic acid groups (broad SMARTS) is 1. The standard InChI is InChI=1S/C20H21F4N3O5S/c21-15-3-1-14(2-4-15)18(13-26-9-11-27(12-10-26)19(28)29)25-33(30,31)17-7-5-16(6-8-17)32-20(22,23)24/h1-8,18,25H,9-13H2,(H,28,29). The summed E-state index contributed by atoms with van der Waals surface area (Å²) >= 11 is 0. The largest absolute Gasteiger partial charge is 0.573 e. The van der Waals surface area contributed by atoms with Crippen molar-refractivity contribution in [3.8, 4) is 5.75 Å². The monoisotopic (exact) mass is 491 g/mol. The lowest BCUT2D eigenvalue weighted by Gasteiger charge is -2.35. The summed E-state index contributed by atoms with van der Waals surface area (Å²) in [5, 5.41) is 9.08. The van der Waals surface area contributed by atoms with Gasteiger partial charge >= 0.3 is 12.5 Å². The highest BCUT2D eigenvalue weighted by atomic mass is 32.2. The Balaban J connectivity index is 1.77. The van der Waals surface area contributed by atoms with Gasteiger partial charge in [-0.1, -0.05) is 12.1 Å². The molecule has 0 spiro atoms. The number of nitrogens with one attached hydrogen (secondary N) is 1. The molecule has 1 aliphatic heterocycles. The number of rotatable bonds is 7. The zero-order valence-electron chi connectivity index (χ0n) is 17.1. The van der Waals surface area contributed by atoms with Crippen LogP contribution in [0.4, 0.5) is 22.4 Å². The van der Waals surface area contributed by atoms with Gasteiger partial charge in [0.25, 0.3) is 0 Å². The van der Waals surface area contributed by atoms with E-state index in [1.165, 1.54) is 29.2 Å². The molecular weight excluding hydrogens is 470 g/mol. The Morgan fingerprint density at radius 3 is 2.12 bits per heavy atom. The molecule has 2 aromatic rings. The molecule has 0 bridgehead atoms. The van der Waals surface area contributed by atoms with Crippen LogP contribution >= 0.6 is 0 Å². The molecule has 33 heavy (non-hydrogen) atoms. The molecule has 1 amide bonds. The number of sulfonamides is 1. The van der Waals surface area contributed by atoms with Gasteiger partial charge in [-0.3, -0.25) is 4.90 Å². The fourth-order valence-corrected chi connectivity index (χ4v) is 4.58. The molecule has 1 fully saturated rings. The molecule has 3 rings (SSSR count). The second-order valence-electron chi connectivity index (χ2n) is 7.31. The molecule has 1 saturated heterocycles. The van der Waals surface area contributed by atoms with Crippen molar-refractivity contribution >= 4 is 16.1 Å². The Labute approximate surface area is 187 Å². The van der Waals surface area contributed by atoms with Crippen LogP contribution in [0, 0.1) is 5.82 Å². The minimum absolute atomic E-state index is 0.174. The number of carbonyl (C=O) groups is 1. The molecule has 1 atom stereocenters. The first-order valence-electron chi connectivity index (χ1n) is 9.77. The summed E-state index contributed by atoms with van der Waals surface area (Å²) in [7, 11) is -4.16. The maximum Gasteiger partial charge on any atom is 0.573 e. The number of hydrogen-bond donors (Lipinski definition) is 2. The van der Waals surface area contributed by atoms with Crippen LogP contribution < -0.4 is 9.46 Å². The number of alkyl halides is 3. The lowest BCUT2D eigenvalue weighted by atomic mass is 10.1. The maximum atomic E-state index is 13.4. The van der Waals surface area contributed by atoms with Gasteiger partial charge in [-0.05, 0) is 42.0 Å². The van der Waals surface area contributed by atoms with E-state index in [9.17, 15) is 30.8 Å². The number of benzene rings is 2. The number of amides is 1. The molecule has 1 aliphatic rings. The quantitative estimate of drug-likeness (QED) is 0.578. The van der Waals surface area contributed by atoms with E-state index in [0.717, 1.165) is 24.3 Å². The Bertz CT molecular complexity index is 1050. The highest BCUT2D eigenvalue weighted by Gasteiger charge is 2.31. The molecule has 0 aliphatic carbocycles. The van der Waals surface area contributed by atoms with E-state index in [4.69, 9.17) is 5.11 Å². The van der Waals surface area contributed by atoms with E-state index in [1.807, 2.05) is 4.90 Å². The van der Waals surface area contributed by atoms with Gasteiger partial charge in [0, 0.05) is 32.7 Å². The molecule has 8 nitrogen and oxygen atoms in total. The van der Waals surface area contributed by atoms with Gasteiger partial charge < -0.3 is 14.7 Å². The highest BCUT2D eigenvalue weighted by molar-refractivity contribution is 7.89. The molecule has 180 valence electrons. The normalized spacial score (nSPS) is 16.4. The third-order valence-electron chi connectivity index (χ3n) is 5.02. The minimum atomic E-state index is -4.91. The molecule has 2 N–H and O–H groups in total. The van der Waals surface area contributed by atoms with E-state index >= 15 is 0 Å². The predicted molar refractivity (Wildman–Crippen MR) is 109 cm³/mol. The lowest BCUT2D eigenvalue weighted by Crippen LogP contribution is -2.50. The van der Waals surface area contributed by atoms with Crippen molar-refractivity contribution in [2.45, 2.75) is 17.3 Å². The second-order valence-corrected chi connectivity index (χ2v) is 9.03. The highest BCUT2D eigenvalue weighted by Crippen LogP contribution is 2.25. The summed E-state index contributed by atoms with van der Waals surface area (Å²) < 4.78 is 82.5. The van der Waals surface area contributed by atoms with E-state index in [0.29, 0.717) is 18.7 Å². The van der Waals surface area contributed by atoms with Gasteiger partial charge in [-0.15, -0.1) is 13.2 Å².